The Labute approximate surface area is 114 Å². The summed E-state index contributed by atoms with van der Waals surface area (Å²) in [6.45, 7) is 8.14. The molecule has 0 saturated heterocycles. The molecule has 19 heavy (non-hydrogen) atoms. The van der Waals surface area contributed by atoms with E-state index in [-0.39, 0.29) is 30.3 Å². The van der Waals surface area contributed by atoms with E-state index in [0.29, 0.717) is 17.9 Å². The van der Waals surface area contributed by atoms with Crippen LogP contribution in [0.1, 0.15) is 47.0 Å². The number of ether oxygens (including phenoxy) is 1. The van der Waals surface area contributed by atoms with Gasteiger partial charge in [-0.05, 0) is 40.5 Å². The highest BCUT2D eigenvalue weighted by Gasteiger charge is 2.20. The number of carbonyl (C=O) groups excluding carboxylic acids is 2. The van der Waals surface area contributed by atoms with Crippen LogP contribution in [0, 0.1) is 0 Å². The molecule has 1 rings (SSSR count). The lowest BCUT2D eigenvalue weighted by Gasteiger charge is -2.20. The number of amides is 2. The van der Waals surface area contributed by atoms with Gasteiger partial charge < -0.3 is 15.4 Å². The fourth-order valence-electron chi connectivity index (χ4n) is 2.03. The Morgan fingerprint density at radius 3 is 2.53 bits per heavy atom. The normalized spacial score (nSPS) is 16.9. The minimum atomic E-state index is -0.187. The number of hydrogen-bond donors (Lipinski definition) is 2. The minimum Gasteiger partial charge on any atom is -0.498 e. The van der Waals surface area contributed by atoms with Gasteiger partial charge in [0.1, 0.15) is 5.76 Å². The molecule has 0 radical (unpaired) electrons. The summed E-state index contributed by atoms with van der Waals surface area (Å²) in [6.07, 6.45) is 1.89. The highest BCUT2D eigenvalue weighted by atomic mass is 16.5. The van der Waals surface area contributed by atoms with Crippen molar-refractivity contribution < 1.29 is 14.3 Å². The molecule has 5 heteroatoms. The molecule has 108 valence electrons. The van der Waals surface area contributed by atoms with Gasteiger partial charge in [-0.25, -0.2) is 0 Å². The van der Waals surface area contributed by atoms with E-state index < -0.39 is 0 Å². The first-order valence-electron chi connectivity index (χ1n) is 6.83. The molecular weight excluding hydrogens is 244 g/mol. The Morgan fingerprint density at radius 1 is 1.26 bits per heavy atom. The summed E-state index contributed by atoms with van der Waals surface area (Å²) >= 11 is 0. The molecule has 0 aromatic rings. The van der Waals surface area contributed by atoms with E-state index in [2.05, 4.69) is 10.6 Å². The third kappa shape index (κ3) is 5.32. The number of rotatable bonds is 5. The van der Waals surface area contributed by atoms with Crippen molar-refractivity contribution >= 4 is 11.8 Å². The maximum Gasteiger partial charge on any atom is 0.250 e. The molecule has 1 heterocycles. The van der Waals surface area contributed by atoms with Gasteiger partial charge in [0.15, 0.2) is 0 Å². The summed E-state index contributed by atoms with van der Waals surface area (Å²) in [6, 6.07) is -0.0689. The molecular formula is C14H24N2O3. The zero-order chi connectivity index (χ0) is 14.4. The standard InChI is InChI=1S/C14H24N2O3/c1-9(2)15-13(17)8-10(3)16-14(18)12-6-5-7-19-11(12)4/h9-10H,5-8H2,1-4H3,(H,15,17)(H,16,18). The summed E-state index contributed by atoms with van der Waals surface area (Å²) in [5.41, 5.74) is 0.697. The van der Waals surface area contributed by atoms with E-state index in [1.165, 1.54) is 0 Å². The highest BCUT2D eigenvalue weighted by molar-refractivity contribution is 5.94. The van der Waals surface area contributed by atoms with Crippen molar-refractivity contribution in [2.75, 3.05) is 6.61 Å². The van der Waals surface area contributed by atoms with Gasteiger partial charge in [-0.3, -0.25) is 9.59 Å². The lowest BCUT2D eigenvalue weighted by molar-refractivity contribution is -0.122. The SMILES string of the molecule is CC1=C(C(=O)NC(C)CC(=O)NC(C)C)CCCO1. The van der Waals surface area contributed by atoms with Crippen LogP contribution in [0.3, 0.4) is 0 Å². The van der Waals surface area contributed by atoms with E-state index in [1.807, 2.05) is 27.7 Å². The molecule has 5 nitrogen and oxygen atoms in total. The zero-order valence-corrected chi connectivity index (χ0v) is 12.2. The maximum absolute atomic E-state index is 12.0. The van der Waals surface area contributed by atoms with Crippen LogP contribution in [0.25, 0.3) is 0 Å². The van der Waals surface area contributed by atoms with Crippen molar-refractivity contribution in [3.63, 3.8) is 0 Å². The zero-order valence-electron chi connectivity index (χ0n) is 12.2. The van der Waals surface area contributed by atoms with Crippen molar-refractivity contribution in [3.8, 4) is 0 Å². The fraction of sp³-hybridized carbons (Fsp3) is 0.714. The second-order valence-corrected chi connectivity index (χ2v) is 5.29. The van der Waals surface area contributed by atoms with Crippen molar-refractivity contribution in [2.45, 2.75) is 59.0 Å². The second kappa shape index (κ2) is 7.16. The van der Waals surface area contributed by atoms with Crippen molar-refractivity contribution in [1.82, 2.24) is 10.6 Å². The van der Waals surface area contributed by atoms with Crippen LogP contribution in [0.15, 0.2) is 11.3 Å². The van der Waals surface area contributed by atoms with Crippen LogP contribution >= 0.6 is 0 Å². The predicted octanol–water partition coefficient (Wildman–Crippen LogP) is 1.49. The average molecular weight is 268 g/mol. The third-order valence-electron chi connectivity index (χ3n) is 2.91. The molecule has 1 aliphatic heterocycles. The van der Waals surface area contributed by atoms with Crippen LogP contribution in [0.2, 0.25) is 0 Å². The van der Waals surface area contributed by atoms with E-state index in [4.69, 9.17) is 4.74 Å². The smallest absolute Gasteiger partial charge is 0.250 e. The molecule has 1 unspecified atom stereocenters. The van der Waals surface area contributed by atoms with Crippen molar-refractivity contribution in [2.24, 2.45) is 0 Å². The number of allylic oxidation sites excluding steroid dienone is 1. The Kier molecular flexibility index (Phi) is 5.86. The number of carbonyl (C=O) groups is 2. The Bertz CT molecular complexity index is 375. The van der Waals surface area contributed by atoms with Gasteiger partial charge in [0.2, 0.25) is 5.91 Å². The van der Waals surface area contributed by atoms with Gasteiger partial charge in [-0.15, -0.1) is 0 Å². The second-order valence-electron chi connectivity index (χ2n) is 5.29. The fourth-order valence-corrected chi connectivity index (χ4v) is 2.03. The first-order valence-corrected chi connectivity index (χ1v) is 6.83. The van der Waals surface area contributed by atoms with Crippen LogP contribution in [-0.4, -0.2) is 30.5 Å². The van der Waals surface area contributed by atoms with Gasteiger partial charge in [-0.1, -0.05) is 0 Å². The quantitative estimate of drug-likeness (QED) is 0.794. The summed E-state index contributed by atoms with van der Waals surface area (Å²) in [7, 11) is 0. The molecule has 1 atom stereocenters. The number of hydrogen-bond acceptors (Lipinski definition) is 3. The van der Waals surface area contributed by atoms with Crippen LogP contribution in [0.4, 0.5) is 0 Å². The molecule has 0 aromatic carbocycles. The first-order chi connectivity index (χ1) is 8.90. The molecule has 0 aromatic heterocycles. The molecule has 2 N–H and O–H groups in total. The average Bonchev–Trinajstić information content (AvgIpc) is 2.27. The van der Waals surface area contributed by atoms with Crippen LogP contribution in [-0.2, 0) is 14.3 Å². The van der Waals surface area contributed by atoms with E-state index in [0.717, 1.165) is 12.8 Å². The van der Waals surface area contributed by atoms with Gasteiger partial charge in [-0.2, -0.15) is 0 Å². The lowest BCUT2D eigenvalue weighted by Crippen LogP contribution is -2.40. The van der Waals surface area contributed by atoms with Crippen LogP contribution < -0.4 is 10.6 Å². The predicted molar refractivity (Wildman–Crippen MR) is 73.4 cm³/mol. The molecule has 0 fully saturated rings. The summed E-state index contributed by atoms with van der Waals surface area (Å²) in [4.78, 5) is 23.6. The first kappa shape index (κ1) is 15.5. The summed E-state index contributed by atoms with van der Waals surface area (Å²) in [5, 5.41) is 5.65. The van der Waals surface area contributed by atoms with E-state index in [9.17, 15) is 9.59 Å². The van der Waals surface area contributed by atoms with Gasteiger partial charge in [0.05, 0.1) is 12.2 Å². The van der Waals surface area contributed by atoms with Gasteiger partial charge in [0.25, 0.3) is 5.91 Å². The molecule has 1 aliphatic rings. The largest absolute Gasteiger partial charge is 0.498 e. The molecule has 0 saturated carbocycles. The monoisotopic (exact) mass is 268 g/mol. The van der Waals surface area contributed by atoms with Gasteiger partial charge >= 0.3 is 0 Å². The molecule has 0 bridgehead atoms. The number of nitrogens with one attached hydrogen (secondary N) is 2. The van der Waals surface area contributed by atoms with E-state index >= 15 is 0 Å². The summed E-state index contributed by atoms with van der Waals surface area (Å²) in [5.74, 6) is 0.526. The third-order valence-corrected chi connectivity index (χ3v) is 2.91. The Balaban J connectivity index is 2.46. The molecule has 0 spiro atoms. The Morgan fingerprint density at radius 2 is 1.95 bits per heavy atom. The van der Waals surface area contributed by atoms with Gasteiger partial charge in [0, 0.05) is 18.5 Å². The van der Waals surface area contributed by atoms with Crippen molar-refractivity contribution in [1.29, 1.82) is 0 Å². The summed E-state index contributed by atoms with van der Waals surface area (Å²) < 4.78 is 5.37. The Hall–Kier alpha value is -1.52. The molecule has 2 amide bonds. The van der Waals surface area contributed by atoms with E-state index in [1.54, 1.807) is 0 Å². The lowest BCUT2D eigenvalue weighted by atomic mass is 10.1. The topological polar surface area (TPSA) is 67.4 Å². The molecule has 0 aliphatic carbocycles. The maximum atomic E-state index is 12.0. The van der Waals surface area contributed by atoms with Crippen molar-refractivity contribution in [3.05, 3.63) is 11.3 Å². The highest BCUT2D eigenvalue weighted by Crippen LogP contribution is 2.18. The minimum absolute atomic E-state index is 0.0478. The van der Waals surface area contributed by atoms with Crippen LogP contribution in [0.5, 0.6) is 0 Å².